The monoisotopic (exact) mass is 789 g/mol. The molecular weight excluding hydrogens is 751 g/mol. The van der Waals surface area contributed by atoms with Crippen molar-refractivity contribution in [2.75, 3.05) is 0 Å². The lowest BCUT2D eigenvalue weighted by Crippen LogP contribution is -1.96. The van der Waals surface area contributed by atoms with E-state index in [-0.39, 0.29) is 0 Å². The van der Waals surface area contributed by atoms with Crippen LogP contribution < -0.4 is 0 Å². The Morgan fingerprint density at radius 3 is 1.27 bits per heavy atom. The first-order valence-electron chi connectivity index (χ1n) is 21.0. The minimum Gasteiger partial charge on any atom is -0.248 e. The van der Waals surface area contributed by atoms with Crippen molar-refractivity contribution in [3.63, 3.8) is 0 Å². The van der Waals surface area contributed by atoms with E-state index in [9.17, 15) is 0 Å². The number of rotatable bonds is 8. The Labute approximate surface area is 361 Å². The van der Waals surface area contributed by atoms with Crippen LogP contribution >= 0.6 is 0 Å². The van der Waals surface area contributed by atoms with E-state index in [0.717, 1.165) is 83.6 Å². The zero-order valence-corrected chi connectivity index (χ0v) is 33.9. The molecule has 0 fully saturated rings. The molecule has 0 saturated carbocycles. The maximum absolute atomic E-state index is 5.24. The predicted molar refractivity (Wildman–Crippen MR) is 258 cm³/mol. The Morgan fingerprint density at radius 2 is 0.677 bits per heavy atom. The lowest BCUT2D eigenvalue weighted by molar-refractivity contribution is 1.18. The van der Waals surface area contributed by atoms with E-state index >= 15 is 0 Å². The molecule has 11 rings (SSSR count). The molecule has 2 aromatic heterocycles. The van der Waals surface area contributed by atoms with Gasteiger partial charge in [0.1, 0.15) is 0 Å². The number of hydrogen-bond acceptors (Lipinski definition) is 3. The van der Waals surface area contributed by atoms with Crippen LogP contribution in [0.2, 0.25) is 0 Å². The molecule has 62 heavy (non-hydrogen) atoms. The molecule has 9 aromatic carbocycles. The molecule has 0 saturated heterocycles. The average molecular weight is 790 g/mol. The lowest BCUT2D eigenvalue weighted by atomic mass is 9.92. The number of pyridine rings is 1. The fourth-order valence-corrected chi connectivity index (χ4v) is 8.52. The average Bonchev–Trinajstić information content (AvgIpc) is 3.37. The van der Waals surface area contributed by atoms with E-state index < -0.39 is 0 Å². The van der Waals surface area contributed by atoms with Gasteiger partial charge in [0.05, 0.1) is 22.6 Å². The molecule has 3 heteroatoms. The van der Waals surface area contributed by atoms with Gasteiger partial charge >= 0.3 is 0 Å². The zero-order valence-electron chi connectivity index (χ0n) is 33.9. The molecule has 0 radical (unpaired) electrons. The third-order valence-electron chi connectivity index (χ3n) is 11.7. The van der Waals surface area contributed by atoms with Crippen molar-refractivity contribution in [2.24, 2.45) is 0 Å². The van der Waals surface area contributed by atoms with Crippen LogP contribution in [0.5, 0.6) is 0 Å². The highest BCUT2D eigenvalue weighted by Crippen LogP contribution is 2.39. The van der Waals surface area contributed by atoms with Crippen molar-refractivity contribution in [3.8, 4) is 89.7 Å². The lowest BCUT2D eigenvalue weighted by Gasteiger charge is -2.14. The molecule has 0 bridgehead atoms. The second-order valence-corrected chi connectivity index (χ2v) is 15.6. The Morgan fingerprint density at radius 1 is 0.242 bits per heavy atom. The summed E-state index contributed by atoms with van der Waals surface area (Å²) < 4.78 is 0. The van der Waals surface area contributed by atoms with Gasteiger partial charge in [-0.1, -0.05) is 200 Å². The number of aromatic nitrogens is 3. The summed E-state index contributed by atoms with van der Waals surface area (Å²) in [4.78, 5) is 15.7. The van der Waals surface area contributed by atoms with E-state index in [1.807, 2.05) is 18.2 Å². The molecule has 0 aliphatic rings. The summed E-state index contributed by atoms with van der Waals surface area (Å²) in [5.41, 5.74) is 17.0. The van der Waals surface area contributed by atoms with Crippen LogP contribution in [0, 0.1) is 0 Å². The predicted octanol–water partition coefficient (Wildman–Crippen LogP) is 15.5. The van der Waals surface area contributed by atoms with E-state index in [4.69, 9.17) is 15.0 Å². The molecule has 0 aliphatic heterocycles. The first-order chi connectivity index (χ1) is 30.7. The fraction of sp³-hybridized carbons (Fsp3) is 0. The minimum absolute atomic E-state index is 0.677. The topological polar surface area (TPSA) is 38.7 Å². The van der Waals surface area contributed by atoms with Gasteiger partial charge in [-0.05, 0) is 91.7 Å². The molecule has 0 N–H and O–H groups in total. The van der Waals surface area contributed by atoms with Gasteiger partial charge in [0, 0.05) is 27.6 Å². The van der Waals surface area contributed by atoms with Crippen molar-refractivity contribution < 1.29 is 0 Å². The number of benzene rings is 9. The van der Waals surface area contributed by atoms with Gasteiger partial charge in [-0.15, -0.1) is 0 Å². The molecule has 0 atom stereocenters. The van der Waals surface area contributed by atoms with Gasteiger partial charge in [0.15, 0.2) is 5.82 Å². The molecule has 0 spiro atoms. The Bertz CT molecular complexity index is 3280. The van der Waals surface area contributed by atoms with Gasteiger partial charge in [-0.2, -0.15) is 0 Å². The number of fused-ring (bicyclic) bond motifs is 3. The SMILES string of the molecule is c1ccc(-c2cccc(-c3cc(-c4cccc(-c5ccccc5)c4)nc(-c4ccc(-c5cccc(-c6cc(-c7ccccc7)nc7ccc8ccccc8c67)c5)cc4)n3)c2)cc1. The van der Waals surface area contributed by atoms with Gasteiger partial charge in [0.2, 0.25) is 0 Å². The second-order valence-electron chi connectivity index (χ2n) is 15.6. The van der Waals surface area contributed by atoms with Crippen molar-refractivity contribution in [1.82, 2.24) is 15.0 Å². The smallest absolute Gasteiger partial charge is 0.160 e. The van der Waals surface area contributed by atoms with Crippen LogP contribution in [-0.2, 0) is 0 Å². The van der Waals surface area contributed by atoms with Crippen LogP contribution in [0.15, 0.2) is 237 Å². The van der Waals surface area contributed by atoms with Gasteiger partial charge < -0.3 is 0 Å². The molecule has 0 aliphatic carbocycles. The highest BCUT2D eigenvalue weighted by Gasteiger charge is 2.16. The standard InChI is InChI=1S/C59H39N3/c1-4-15-40(16-5-1)47-23-13-26-50(36-47)56-39-57(51-27-14-24-48(37-51)41-17-6-2-7-18-41)62-59(61-56)45-31-29-42(30-32-45)46-22-12-25-49(35-46)53-38-55(44-20-8-3-9-21-44)60-54-34-33-43-19-10-11-28-52(43)58(53)54/h1-39H. The summed E-state index contributed by atoms with van der Waals surface area (Å²) in [5.74, 6) is 0.677. The summed E-state index contributed by atoms with van der Waals surface area (Å²) in [6, 6.07) is 83.5. The second kappa shape index (κ2) is 16.1. The van der Waals surface area contributed by atoms with Crippen molar-refractivity contribution in [1.29, 1.82) is 0 Å². The molecule has 11 aromatic rings. The molecule has 0 amide bonds. The van der Waals surface area contributed by atoms with E-state index in [0.29, 0.717) is 5.82 Å². The number of hydrogen-bond donors (Lipinski definition) is 0. The summed E-state index contributed by atoms with van der Waals surface area (Å²) in [6.07, 6.45) is 0. The normalized spacial score (nSPS) is 11.2. The van der Waals surface area contributed by atoms with Gasteiger partial charge in [-0.25, -0.2) is 15.0 Å². The molecule has 3 nitrogen and oxygen atoms in total. The highest BCUT2D eigenvalue weighted by molar-refractivity contribution is 6.14. The third-order valence-corrected chi connectivity index (χ3v) is 11.7. The van der Waals surface area contributed by atoms with E-state index in [2.05, 4.69) is 218 Å². The summed E-state index contributed by atoms with van der Waals surface area (Å²) in [6.45, 7) is 0. The van der Waals surface area contributed by atoms with Crippen LogP contribution in [-0.4, -0.2) is 15.0 Å². The maximum atomic E-state index is 5.24. The van der Waals surface area contributed by atoms with Gasteiger partial charge in [-0.3, -0.25) is 0 Å². The molecular formula is C59H39N3. The Hall–Kier alpha value is -8.27. The summed E-state index contributed by atoms with van der Waals surface area (Å²) in [5, 5.41) is 3.55. The third kappa shape index (κ3) is 7.23. The quantitative estimate of drug-likeness (QED) is 0.144. The molecule has 290 valence electrons. The van der Waals surface area contributed by atoms with Gasteiger partial charge in [0.25, 0.3) is 0 Å². The van der Waals surface area contributed by atoms with Crippen LogP contribution in [0.1, 0.15) is 0 Å². The van der Waals surface area contributed by atoms with Crippen molar-refractivity contribution in [2.45, 2.75) is 0 Å². The fourth-order valence-electron chi connectivity index (χ4n) is 8.52. The summed E-state index contributed by atoms with van der Waals surface area (Å²) >= 11 is 0. The minimum atomic E-state index is 0.677. The van der Waals surface area contributed by atoms with Crippen molar-refractivity contribution in [3.05, 3.63) is 237 Å². The Kier molecular flexibility index (Phi) is 9.53. The van der Waals surface area contributed by atoms with Crippen molar-refractivity contribution >= 4 is 21.7 Å². The largest absolute Gasteiger partial charge is 0.248 e. The Balaban J connectivity index is 0.999. The first kappa shape index (κ1) is 36.8. The van der Waals surface area contributed by atoms with Crippen LogP contribution in [0.3, 0.4) is 0 Å². The van der Waals surface area contributed by atoms with E-state index in [1.165, 1.54) is 21.9 Å². The highest BCUT2D eigenvalue weighted by atomic mass is 14.9. The van der Waals surface area contributed by atoms with Crippen LogP contribution in [0.25, 0.3) is 111 Å². The molecule has 2 heterocycles. The number of nitrogens with zero attached hydrogens (tertiary/aromatic N) is 3. The van der Waals surface area contributed by atoms with Crippen LogP contribution in [0.4, 0.5) is 0 Å². The van der Waals surface area contributed by atoms with E-state index in [1.54, 1.807) is 0 Å². The first-order valence-corrected chi connectivity index (χ1v) is 21.0. The maximum Gasteiger partial charge on any atom is 0.160 e. The summed E-state index contributed by atoms with van der Waals surface area (Å²) in [7, 11) is 0. The zero-order chi connectivity index (χ0) is 41.2. The molecule has 0 unspecified atom stereocenters.